The van der Waals surface area contributed by atoms with Crippen molar-refractivity contribution in [1.82, 2.24) is 9.55 Å². The standard InChI is InChI=1S/C14H15BrN2O2/c15-12-10-17(14(19)16-13(12)18)9-5-4-8-11-6-2-1-3-7-11/h1-3,6-7,10H,4-5,8-9H2,(H,16,18,19). The smallest absolute Gasteiger partial charge is 0.299 e. The van der Waals surface area contributed by atoms with Gasteiger partial charge in [-0.15, -0.1) is 0 Å². The summed E-state index contributed by atoms with van der Waals surface area (Å²) in [5.41, 5.74) is 0.566. The van der Waals surface area contributed by atoms with Gasteiger partial charge >= 0.3 is 5.69 Å². The van der Waals surface area contributed by atoms with E-state index in [9.17, 15) is 9.59 Å². The SMILES string of the molecule is O=c1[nH]c(=O)n(CCCCc2ccccc2)cc1Br. The summed E-state index contributed by atoms with van der Waals surface area (Å²) in [6.07, 6.45) is 4.45. The van der Waals surface area contributed by atoms with Crippen molar-refractivity contribution in [2.24, 2.45) is 0 Å². The molecule has 4 nitrogen and oxygen atoms in total. The molecule has 0 spiro atoms. The predicted octanol–water partition coefficient (Wildman–Crippen LogP) is 2.32. The Kier molecular flexibility index (Phi) is 4.74. The number of aromatic nitrogens is 2. The first-order valence-electron chi connectivity index (χ1n) is 6.20. The number of rotatable bonds is 5. The lowest BCUT2D eigenvalue weighted by Crippen LogP contribution is -2.29. The third-order valence-corrected chi connectivity index (χ3v) is 3.49. The van der Waals surface area contributed by atoms with E-state index in [-0.39, 0.29) is 11.2 Å². The lowest BCUT2D eigenvalue weighted by molar-refractivity contribution is 0.578. The predicted molar refractivity (Wildman–Crippen MR) is 78.4 cm³/mol. The molecule has 0 saturated heterocycles. The molecule has 2 aromatic rings. The number of nitrogens with one attached hydrogen (secondary N) is 1. The van der Waals surface area contributed by atoms with Crippen LogP contribution >= 0.6 is 15.9 Å². The minimum absolute atomic E-state index is 0.354. The monoisotopic (exact) mass is 322 g/mol. The molecule has 1 aromatic carbocycles. The Morgan fingerprint density at radius 2 is 1.84 bits per heavy atom. The second-order valence-corrected chi connectivity index (χ2v) is 5.23. The van der Waals surface area contributed by atoms with E-state index in [0.717, 1.165) is 19.3 Å². The summed E-state index contributed by atoms with van der Waals surface area (Å²) < 4.78 is 1.91. The van der Waals surface area contributed by atoms with Crippen molar-refractivity contribution in [3.8, 4) is 0 Å². The van der Waals surface area contributed by atoms with Crippen LogP contribution in [0.2, 0.25) is 0 Å². The van der Waals surface area contributed by atoms with Crippen molar-refractivity contribution in [3.63, 3.8) is 0 Å². The van der Waals surface area contributed by atoms with E-state index in [1.165, 1.54) is 10.1 Å². The van der Waals surface area contributed by atoms with Gasteiger partial charge in [-0.3, -0.25) is 14.3 Å². The molecule has 0 atom stereocenters. The zero-order chi connectivity index (χ0) is 13.7. The molecule has 0 unspecified atom stereocenters. The average molecular weight is 323 g/mol. The van der Waals surface area contributed by atoms with Gasteiger partial charge < -0.3 is 0 Å². The van der Waals surface area contributed by atoms with E-state index in [2.05, 4.69) is 33.0 Å². The van der Waals surface area contributed by atoms with Crippen LogP contribution < -0.4 is 11.2 Å². The van der Waals surface area contributed by atoms with Gasteiger partial charge in [0.2, 0.25) is 0 Å². The van der Waals surface area contributed by atoms with Gasteiger partial charge in [0.05, 0.1) is 4.47 Å². The number of aryl methyl sites for hydroxylation is 2. The molecule has 0 aliphatic heterocycles. The Morgan fingerprint density at radius 3 is 2.58 bits per heavy atom. The van der Waals surface area contributed by atoms with Crippen molar-refractivity contribution in [2.45, 2.75) is 25.8 Å². The summed E-state index contributed by atoms with van der Waals surface area (Å²) in [5, 5.41) is 0. The quantitative estimate of drug-likeness (QED) is 0.859. The topological polar surface area (TPSA) is 54.9 Å². The highest BCUT2D eigenvalue weighted by atomic mass is 79.9. The van der Waals surface area contributed by atoms with Crippen LogP contribution in [0.3, 0.4) is 0 Å². The van der Waals surface area contributed by atoms with Crippen LogP contribution in [0.15, 0.2) is 50.6 Å². The van der Waals surface area contributed by atoms with E-state index < -0.39 is 0 Å². The van der Waals surface area contributed by atoms with Crippen molar-refractivity contribution >= 4 is 15.9 Å². The second kappa shape index (κ2) is 6.52. The van der Waals surface area contributed by atoms with Gasteiger partial charge in [0.25, 0.3) is 5.56 Å². The number of H-pyrrole nitrogens is 1. The highest BCUT2D eigenvalue weighted by Gasteiger charge is 2.01. The molecule has 0 saturated carbocycles. The number of hydrogen-bond donors (Lipinski definition) is 1. The maximum Gasteiger partial charge on any atom is 0.328 e. The van der Waals surface area contributed by atoms with Crippen molar-refractivity contribution in [3.05, 3.63) is 67.4 Å². The molecule has 1 N–H and O–H groups in total. The van der Waals surface area contributed by atoms with Gasteiger partial charge in [-0.25, -0.2) is 4.79 Å². The summed E-state index contributed by atoms with van der Waals surface area (Å²) in [4.78, 5) is 25.0. The fourth-order valence-corrected chi connectivity index (χ4v) is 2.25. The van der Waals surface area contributed by atoms with Gasteiger partial charge in [-0.05, 0) is 40.8 Å². The van der Waals surface area contributed by atoms with Crippen LogP contribution in [0.5, 0.6) is 0 Å². The van der Waals surface area contributed by atoms with E-state index >= 15 is 0 Å². The lowest BCUT2D eigenvalue weighted by atomic mass is 10.1. The summed E-state index contributed by atoms with van der Waals surface area (Å²) in [6, 6.07) is 10.3. The van der Waals surface area contributed by atoms with Gasteiger partial charge in [0, 0.05) is 12.7 Å². The second-order valence-electron chi connectivity index (χ2n) is 4.37. The zero-order valence-electron chi connectivity index (χ0n) is 10.4. The Labute approximate surface area is 119 Å². The first-order valence-corrected chi connectivity index (χ1v) is 6.99. The molecular weight excluding hydrogens is 308 g/mol. The number of hydrogen-bond acceptors (Lipinski definition) is 2. The van der Waals surface area contributed by atoms with Gasteiger partial charge in [-0.2, -0.15) is 0 Å². The molecule has 1 aromatic heterocycles. The number of unbranched alkanes of at least 4 members (excludes halogenated alkanes) is 1. The van der Waals surface area contributed by atoms with Crippen LogP contribution in [0.1, 0.15) is 18.4 Å². The number of benzene rings is 1. The molecule has 0 fully saturated rings. The third-order valence-electron chi connectivity index (χ3n) is 2.92. The highest BCUT2D eigenvalue weighted by Crippen LogP contribution is 2.05. The minimum atomic E-state index is -0.384. The minimum Gasteiger partial charge on any atom is -0.299 e. The fourth-order valence-electron chi connectivity index (χ4n) is 1.90. The molecule has 2 rings (SSSR count). The summed E-state index contributed by atoms with van der Waals surface area (Å²) in [5.74, 6) is 0. The Balaban J connectivity index is 1.88. The number of nitrogens with zero attached hydrogens (tertiary/aromatic N) is 1. The number of halogens is 1. The van der Waals surface area contributed by atoms with E-state index in [1.807, 2.05) is 18.2 Å². The summed E-state index contributed by atoms with van der Waals surface area (Å²) >= 11 is 3.12. The Hall–Kier alpha value is -1.62. The van der Waals surface area contributed by atoms with Crippen LogP contribution in [0, 0.1) is 0 Å². The molecule has 0 radical (unpaired) electrons. The molecule has 1 heterocycles. The maximum absolute atomic E-state index is 11.5. The molecule has 0 aliphatic carbocycles. The first kappa shape index (κ1) is 13.8. The summed E-state index contributed by atoms with van der Waals surface area (Å²) in [7, 11) is 0. The molecule has 19 heavy (non-hydrogen) atoms. The average Bonchev–Trinajstić information content (AvgIpc) is 2.41. The van der Waals surface area contributed by atoms with E-state index in [1.54, 1.807) is 6.20 Å². The zero-order valence-corrected chi connectivity index (χ0v) is 12.0. The molecule has 5 heteroatoms. The Morgan fingerprint density at radius 1 is 1.11 bits per heavy atom. The van der Waals surface area contributed by atoms with Crippen molar-refractivity contribution < 1.29 is 0 Å². The molecular formula is C14H15BrN2O2. The molecule has 0 bridgehead atoms. The fraction of sp³-hybridized carbons (Fsp3) is 0.286. The van der Waals surface area contributed by atoms with Crippen molar-refractivity contribution in [1.29, 1.82) is 0 Å². The van der Waals surface area contributed by atoms with Gasteiger partial charge in [0.15, 0.2) is 0 Å². The largest absolute Gasteiger partial charge is 0.328 e. The molecule has 0 aliphatic rings. The van der Waals surface area contributed by atoms with Crippen LogP contribution in [0.25, 0.3) is 0 Å². The Bertz CT molecular complexity index is 646. The van der Waals surface area contributed by atoms with Gasteiger partial charge in [-0.1, -0.05) is 30.3 Å². The maximum atomic E-state index is 11.5. The highest BCUT2D eigenvalue weighted by molar-refractivity contribution is 9.10. The molecule has 100 valence electrons. The summed E-state index contributed by atoms with van der Waals surface area (Å²) in [6.45, 7) is 0.612. The van der Waals surface area contributed by atoms with Crippen LogP contribution in [-0.4, -0.2) is 9.55 Å². The first-order chi connectivity index (χ1) is 9.16. The number of aromatic amines is 1. The normalized spacial score (nSPS) is 10.6. The van der Waals surface area contributed by atoms with Gasteiger partial charge in [0.1, 0.15) is 0 Å². The van der Waals surface area contributed by atoms with E-state index in [4.69, 9.17) is 0 Å². The molecule has 0 amide bonds. The van der Waals surface area contributed by atoms with Crippen LogP contribution in [-0.2, 0) is 13.0 Å². The van der Waals surface area contributed by atoms with E-state index in [0.29, 0.717) is 11.0 Å². The van der Waals surface area contributed by atoms with Crippen LogP contribution in [0.4, 0.5) is 0 Å². The third kappa shape index (κ3) is 3.92. The lowest BCUT2D eigenvalue weighted by Gasteiger charge is -2.05. The van der Waals surface area contributed by atoms with Crippen molar-refractivity contribution in [2.75, 3.05) is 0 Å².